The minimum Gasteiger partial charge on any atom is -0.457 e. The molecule has 1 atom stereocenters. The Morgan fingerprint density at radius 2 is 1.94 bits per heavy atom. The van der Waals surface area contributed by atoms with Gasteiger partial charge in [-0.25, -0.2) is 8.42 Å². The predicted molar refractivity (Wildman–Crippen MR) is 113 cm³/mol. The summed E-state index contributed by atoms with van der Waals surface area (Å²) in [5.41, 5.74) is -0.357. The molecule has 1 amide bonds. The van der Waals surface area contributed by atoms with E-state index in [1.807, 2.05) is 0 Å². The third-order valence-electron chi connectivity index (χ3n) is 5.21. The molecule has 1 saturated heterocycles. The van der Waals surface area contributed by atoms with Crippen LogP contribution < -0.4 is 10.1 Å². The van der Waals surface area contributed by atoms with Crippen molar-refractivity contribution in [2.75, 3.05) is 6.54 Å². The Kier molecular flexibility index (Phi) is 6.62. The SMILES string of the molecule is O=C(NCc1ccc(Oc2ccnc(C(F)(F)F)c2)cc1)[C@@H]1CCCN1S(=O)(=O)c1ccco1. The first kappa shape index (κ1) is 23.8. The third-order valence-corrected chi connectivity index (χ3v) is 7.01. The number of hydrogen-bond donors (Lipinski definition) is 1. The van der Waals surface area contributed by atoms with Gasteiger partial charge in [-0.1, -0.05) is 12.1 Å². The molecule has 0 spiro atoms. The number of pyridine rings is 1. The summed E-state index contributed by atoms with van der Waals surface area (Å²) in [5.74, 6) is -0.132. The van der Waals surface area contributed by atoms with E-state index >= 15 is 0 Å². The van der Waals surface area contributed by atoms with E-state index in [0.717, 1.165) is 16.6 Å². The van der Waals surface area contributed by atoms with Crippen molar-refractivity contribution in [1.29, 1.82) is 0 Å². The highest BCUT2D eigenvalue weighted by Gasteiger charge is 2.40. The van der Waals surface area contributed by atoms with Gasteiger partial charge in [-0.15, -0.1) is 0 Å². The fraction of sp³-hybridized carbons (Fsp3) is 0.273. The number of alkyl halides is 3. The van der Waals surface area contributed by atoms with Crippen LogP contribution in [0.4, 0.5) is 13.2 Å². The highest BCUT2D eigenvalue weighted by atomic mass is 32.2. The highest BCUT2D eigenvalue weighted by Crippen LogP contribution is 2.31. The molecule has 1 aliphatic heterocycles. The lowest BCUT2D eigenvalue weighted by Crippen LogP contribution is -2.45. The molecule has 0 radical (unpaired) electrons. The molecule has 1 fully saturated rings. The summed E-state index contributed by atoms with van der Waals surface area (Å²) in [4.78, 5) is 16.0. The van der Waals surface area contributed by atoms with Crippen LogP contribution in [0.5, 0.6) is 11.5 Å². The molecule has 8 nitrogen and oxygen atoms in total. The molecule has 3 aromatic rings. The van der Waals surface area contributed by atoms with E-state index in [-0.39, 0.29) is 23.9 Å². The van der Waals surface area contributed by atoms with E-state index in [2.05, 4.69) is 10.3 Å². The lowest BCUT2D eigenvalue weighted by atomic mass is 10.2. The first-order chi connectivity index (χ1) is 16.1. The molecule has 0 saturated carbocycles. The average Bonchev–Trinajstić information content (AvgIpc) is 3.51. The van der Waals surface area contributed by atoms with Crippen molar-refractivity contribution in [3.8, 4) is 11.5 Å². The van der Waals surface area contributed by atoms with Crippen molar-refractivity contribution >= 4 is 15.9 Å². The molecular formula is C22H20F3N3O5S. The summed E-state index contributed by atoms with van der Waals surface area (Å²) in [7, 11) is -3.91. The zero-order valence-corrected chi connectivity index (χ0v) is 18.5. The van der Waals surface area contributed by atoms with Crippen molar-refractivity contribution in [2.24, 2.45) is 0 Å². The van der Waals surface area contributed by atoms with E-state index in [1.54, 1.807) is 24.3 Å². The summed E-state index contributed by atoms with van der Waals surface area (Å²) in [6.45, 7) is 0.357. The third kappa shape index (κ3) is 5.23. The number of sulfonamides is 1. The van der Waals surface area contributed by atoms with Crippen molar-refractivity contribution in [2.45, 2.75) is 36.7 Å². The number of ether oxygens (including phenoxy) is 1. The van der Waals surface area contributed by atoms with Crippen molar-refractivity contribution < 1.29 is 35.5 Å². The molecule has 12 heteroatoms. The topological polar surface area (TPSA) is 102 Å². The number of aromatic nitrogens is 1. The zero-order chi connectivity index (χ0) is 24.3. The Labute approximate surface area is 193 Å². The van der Waals surface area contributed by atoms with Gasteiger partial charge in [0.25, 0.3) is 10.0 Å². The Morgan fingerprint density at radius 1 is 1.18 bits per heavy atom. The van der Waals surface area contributed by atoms with Gasteiger partial charge in [0, 0.05) is 25.4 Å². The van der Waals surface area contributed by atoms with Crippen molar-refractivity contribution in [3.05, 3.63) is 72.2 Å². The lowest BCUT2D eigenvalue weighted by Gasteiger charge is -2.22. The van der Waals surface area contributed by atoms with Crippen LogP contribution in [-0.2, 0) is 27.5 Å². The Hall–Kier alpha value is -3.38. The number of carbonyl (C=O) groups is 1. The molecule has 0 unspecified atom stereocenters. The minimum absolute atomic E-state index is 0.0116. The summed E-state index contributed by atoms with van der Waals surface area (Å²) >= 11 is 0. The van der Waals surface area contributed by atoms with Crippen LogP contribution in [0.15, 0.2) is 70.5 Å². The molecular weight excluding hydrogens is 475 g/mol. The average molecular weight is 495 g/mol. The normalized spacial score (nSPS) is 17.0. The minimum atomic E-state index is -4.58. The fourth-order valence-electron chi connectivity index (χ4n) is 3.56. The van der Waals surface area contributed by atoms with E-state index in [1.165, 1.54) is 24.5 Å². The Morgan fingerprint density at radius 3 is 2.62 bits per heavy atom. The van der Waals surface area contributed by atoms with Crippen LogP contribution >= 0.6 is 0 Å². The summed E-state index contributed by atoms with van der Waals surface area (Å²) in [6, 6.07) is 10.5. The van der Waals surface area contributed by atoms with E-state index < -0.39 is 33.8 Å². The van der Waals surface area contributed by atoms with Crippen LogP contribution in [0, 0.1) is 0 Å². The second kappa shape index (κ2) is 9.47. The smallest absolute Gasteiger partial charge is 0.433 e. The second-order valence-electron chi connectivity index (χ2n) is 7.54. The quantitative estimate of drug-likeness (QED) is 0.533. The van der Waals surface area contributed by atoms with Crippen LogP contribution in [0.1, 0.15) is 24.1 Å². The van der Waals surface area contributed by atoms with Crippen LogP contribution in [-0.4, -0.2) is 36.2 Å². The van der Waals surface area contributed by atoms with Gasteiger partial charge >= 0.3 is 6.18 Å². The van der Waals surface area contributed by atoms with Gasteiger partial charge in [0.2, 0.25) is 11.0 Å². The monoisotopic (exact) mass is 495 g/mol. The number of rotatable bonds is 7. The summed E-state index contributed by atoms with van der Waals surface area (Å²) in [6.07, 6.45) is -1.36. The number of halogens is 3. The Balaban J connectivity index is 1.36. The number of hydrogen-bond acceptors (Lipinski definition) is 6. The van der Waals surface area contributed by atoms with Gasteiger partial charge in [0.05, 0.1) is 6.26 Å². The number of benzene rings is 1. The second-order valence-corrected chi connectivity index (χ2v) is 9.37. The van der Waals surface area contributed by atoms with Gasteiger partial charge in [-0.2, -0.15) is 17.5 Å². The number of carbonyl (C=O) groups excluding carboxylic acids is 1. The molecule has 3 heterocycles. The van der Waals surface area contributed by atoms with E-state index in [4.69, 9.17) is 9.15 Å². The van der Waals surface area contributed by atoms with Gasteiger partial charge in [0.15, 0.2) is 0 Å². The molecule has 2 aromatic heterocycles. The number of furan rings is 1. The molecule has 180 valence electrons. The Bertz CT molecular complexity index is 1250. The molecule has 4 rings (SSSR count). The zero-order valence-electron chi connectivity index (χ0n) is 17.7. The molecule has 1 aromatic carbocycles. The van der Waals surface area contributed by atoms with Crippen molar-refractivity contribution in [3.63, 3.8) is 0 Å². The standard InChI is InChI=1S/C22H20F3N3O5S/c23-22(24,25)19-13-17(9-10-26-19)33-16-7-5-15(6-8-16)14-27-21(29)18-3-1-11-28(18)34(30,31)20-4-2-12-32-20/h2,4-10,12-13,18H,1,3,11,14H2,(H,27,29)/t18-/m0/s1. The largest absolute Gasteiger partial charge is 0.457 e. The number of nitrogens with zero attached hydrogens (tertiary/aromatic N) is 2. The summed E-state index contributed by atoms with van der Waals surface area (Å²) in [5, 5.41) is 2.52. The molecule has 0 bridgehead atoms. The molecule has 1 N–H and O–H groups in total. The summed E-state index contributed by atoms with van der Waals surface area (Å²) < 4.78 is 75.4. The van der Waals surface area contributed by atoms with E-state index in [0.29, 0.717) is 24.2 Å². The maximum Gasteiger partial charge on any atom is 0.433 e. The fourth-order valence-corrected chi connectivity index (χ4v) is 5.13. The first-order valence-electron chi connectivity index (χ1n) is 10.3. The molecule has 0 aliphatic carbocycles. The first-order valence-corrected chi connectivity index (χ1v) is 11.7. The van der Waals surface area contributed by atoms with Crippen LogP contribution in [0.25, 0.3) is 0 Å². The van der Waals surface area contributed by atoms with Gasteiger partial charge in [-0.3, -0.25) is 9.78 Å². The van der Waals surface area contributed by atoms with Gasteiger partial charge < -0.3 is 14.5 Å². The maximum absolute atomic E-state index is 12.8. The van der Waals surface area contributed by atoms with Gasteiger partial charge in [0.1, 0.15) is 23.2 Å². The van der Waals surface area contributed by atoms with E-state index in [9.17, 15) is 26.4 Å². The number of nitrogens with one attached hydrogen (secondary N) is 1. The van der Waals surface area contributed by atoms with Crippen LogP contribution in [0.2, 0.25) is 0 Å². The van der Waals surface area contributed by atoms with Crippen LogP contribution in [0.3, 0.4) is 0 Å². The number of amides is 1. The molecule has 34 heavy (non-hydrogen) atoms. The molecule has 1 aliphatic rings. The van der Waals surface area contributed by atoms with Crippen molar-refractivity contribution in [1.82, 2.24) is 14.6 Å². The maximum atomic E-state index is 12.8. The highest BCUT2D eigenvalue weighted by molar-refractivity contribution is 7.89. The van der Waals surface area contributed by atoms with Gasteiger partial charge in [-0.05, 0) is 48.7 Å². The lowest BCUT2D eigenvalue weighted by molar-refractivity contribution is -0.141. The predicted octanol–water partition coefficient (Wildman–Crippen LogP) is 3.96.